The third-order valence-corrected chi connectivity index (χ3v) is 4.10. The number of nitro groups is 1. The zero-order valence-electron chi connectivity index (χ0n) is 14.7. The number of aromatic carboxylic acids is 1. The molecule has 1 heterocycles. The van der Waals surface area contributed by atoms with Gasteiger partial charge in [0.25, 0.3) is 5.69 Å². The van der Waals surface area contributed by atoms with Crippen LogP contribution in [0, 0.1) is 24.0 Å². The predicted molar refractivity (Wildman–Crippen MR) is 100 cm³/mol. The maximum Gasteiger partial charge on any atom is 0.338 e. The van der Waals surface area contributed by atoms with Crippen molar-refractivity contribution in [3.05, 3.63) is 81.2 Å². The molecule has 0 spiro atoms. The van der Waals surface area contributed by atoms with Gasteiger partial charge in [-0.2, -0.15) is 5.10 Å². The molecule has 0 saturated heterocycles. The molecule has 8 heteroatoms. The number of non-ortho nitro benzene ring substituents is 1. The number of hydrogen-bond acceptors (Lipinski definition) is 5. The first-order valence-electron chi connectivity index (χ1n) is 8.06. The lowest BCUT2D eigenvalue weighted by Gasteiger charge is -2.04. The number of benzene rings is 2. The van der Waals surface area contributed by atoms with Crippen molar-refractivity contribution in [1.29, 1.82) is 0 Å². The minimum atomic E-state index is -1.28. The van der Waals surface area contributed by atoms with Gasteiger partial charge in [-0.15, -0.1) is 0 Å². The van der Waals surface area contributed by atoms with Crippen molar-refractivity contribution in [2.75, 3.05) is 0 Å². The van der Waals surface area contributed by atoms with E-state index in [1.807, 2.05) is 44.2 Å². The zero-order chi connectivity index (χ0) is 19.6. The summed E-state index contributed by atoms with van der Waals surface area (Å²) in [6.07, 6.45) is 1.53. The van der Waals surface area contributed by atoms with Gasteiger partial charge in [-0.3, -0.25) is 15.1 Å². The first-order valence-corrected chi connectivity index (χ1v) is 8.06. The van der Waals surface area contributed by atoms with E-state index in [4.69, 9.17) is 0 Å². The summed E-state index contributed by atoms with van der Waals surface area (Å²) in [7, 11) is 0. The number of aryl methyl sites for hydroxylation is 1. The van der Waals surface area contributed by atoms with E-state index in [9.17, 15) is 20.0 Å². The SMILES string of the molecule is Cc1nn(-c2ccccc2)c(C)c1C=Nc1ccc([N+](=O)[O-])cc1C(=O)O. The average Bonchev–Trinajstić information content (AvgIpc) is 2.94. The molecule has 0 saturated carbocycles. The van der Waals surface area contributed by atoms with E-state index in [0.717, 1.165) is 28.7 Å². The quantitative estimate of drug-likeness (QED) is 0.420. The summed E-state index contributed by atoms with van der Waals surface area (Å²) in [4.78, 5) is 25.9. The van der Waals surface area contributed by atoms with E-state index in [2.05, 4.69) is 10.1 Å². The fourth-order valence-corrected chi connectivity index (χ4v) is 2.72. The van der Waals surface area contributed by atoms with Gasteiger partial charge in [0.2, 0.25) is 0 Å². The summed E-state index contributed by atoms with van der Waals surface area (Å²) in [6, 6.07) is 13.2. The molecule has 136 valence electrons. The van der Waals surface area contributed by atoms with Gasteiger partial charge >= 0.3 is 5.97 Å². The Bertz CT molecular complexity index is 1060. The van der Waals surface area contributed by atoms with Gasteiger partial charge in [0.1, 0.15) is 0 Å². The summed E-state index contributed by atoms with van der Waals surface area (Å²) in [5.74, 6) is -1.28. The average molecular weight is 364 g/mol. The molecular formula is C19H16N4O4. The fourth-order valence-electron chi connectivity index (χ4n) is 2.72. The highest BCUT2D eigenvalue weighted by Crippen LogP contribution is 2.25. The molecule has 3 rings (SSSR count). The van der Waals surface area contributed by atoms with Gasteiger partial charge in [-0.25, -0.2) is 9.48 Å². The summed E-state index contributed by atoms with van der Waals surface area (Å²) in [5.41, 5.74) is 2.86. The molecule has 0 bridgehead atoms. The van der Waals surface area contributed by atoms with E-state index in [1.165, 1.54) is 18.3 Å². The molecule has 0 radical (unpaired) electrons. The lowest BCUT2D eigenvalue weighted by molar-refractivity contribution is -0.384. The second-order valence-electron chi connectivity index (χ2n) is 5.85. The standard InChI is InChI=1S/C19H16N4O4/c1-12-17(13(2)22(21-12)14-6-4-3-5-7-14)11-20-18-9-8-15(23(26)27)10-16(18)19(24)25/h3-11H,1-2H3,(H,24,25). The Morgan fingerprint density at radius 3 is 2.56 bits per heavy atom. The molecule has 8 nitrogen and oxygen atoms in total. The molecule has 0 unspecified atom stereocenters. The maximum atomic E-state index is 11.4. The molecule has 0 aliphatic heterocycles. The van der Waals surface area contributed by atoms with Crippen LogP contribution in [0.4, 0.5) is 11.4 Å². The molecule has 0 aliphatic carbocycles. The Kier molecular flexibility index (Phi) is 4.80. The van der Waals surface area contributed by atoms with Crippen molar-refractivity contribution in [3.63, 3.8) is 0 Å². The van der Waals surface area contributed by atoms with E-state index >= 15 is 0 Å². The first kappa shape index (κ1) is 18.0. The molecule has 0 fully saturated rings. The molecular weight excluding hydrogens is 348 g/mol. The van der Waals surface area contributed by atoms with Gasteiger partial charge in [-0.1, -0.05) is 18.2 Å². The Morgan fingerprint density at radius 2 is 1.93 bits per heavy atom. The van der Waals surface area contributed by atoms with E-state index in [-0.39, 0.29) is 16.9 Å². The van der Waals surface area contributed by atoms with Crippen LogP contribution < -0.4 is 0 Å². The highest BCUT2D eigenvalue weighted by atomic mass is 16.6. The molecule has 3 aromatic rings. The van der Waals surface area contributed by atoms with Crippen LogP contribution in [0.3, 0.4) is 0 Å². The second kappa shape index (κ2) is 7.20. The predicted octanol–water partition coefficient (Wildman–Crippen LogP) is 3.85. The second-order valence-corrected chi connectivity index (χ2v) is 5.85. The number of carboxylic acid groups (broad SMARTS) is 1. The van der Waals surface area contributed by atoms with Crippen molar-refractivity contribution < 1.29 is 14.8 Å². The van der Waals surface area contributed by atoms with Crippen molar-refractivity contribution >= 4 is 23.6 Å². The Hall–Kier alpha value is -3.81. The van der Waals surface area contributed by atoms with Crippen LogP contribution >= 0.6 is 0 Å². The number of nitro benzene ring substituents is 1. The van der Waals surface area contributed by atoms with Crippen molar-refractivity contribution in [3.8, 4) is 5.69 Å². The number of rotatable bonds is 5. The number of carboxylic acids is 1. The Balaban J connectivity index is 2.01. The zero-order valence-corrected chi connectivity index (χ0v) is 14.7. The fraction of sp³-hybridized carbons (Fsp3) is 0.105. The maximum absolute atomic E-state index is 11.4. The van der Waals surface area contributed by atoms with Gasteiger partial charge in [0, 0.05) is 23.9 Å². The van der Waals surface area contributed by atoms with Gasteiger partial charge in [0.05, 0.1) is 33.2 Å². The summed E-state index contributed by atoms with van der Waals surface area (Å²) in [5, 5.41) is 24.7. The molecule has 0 aliphatic rings. The van der Waals surface area contributed by atoms with Crippen molar-refractivity contribution in [2.45, 2.75) is 13.8 Å². The lowest BCUT2D eigenvalue weighted by atomic mass is 10.1. The minimum absolute atomic E-state index is 0.138. The van der Waals surface area contributed by atoms with Gasteiger partial charge in [-0.05, 0) is 32.0 Å². The summed E-state index contributed by atoms with van der Waals surface area (Å²) in [6.45, 7) is 3.73. The van der Waals surface area contributed by atoms with Gasteiger partial charge in [0.15, 0.2) is 0 Å². The minimum Gasteiger partial charge on any atom is -0.478 e. The van der Waals surface area contributed by atoms with Gasteiger partial charge < -0.3 is 5.11 Å². The smallest absolute Gasteiger partial charge is 0.338 e. The number of hydrogen-bond donors (Lipinski definition) is 1. The number of aromatic nitrogens is 2. The molecule has 27 heavy (non-hydrogen) atoms. The molecule has 1 N–H and O–H groups in total. The van der Waals surface area contributed by atoms with Crippen LogP contribution in [-0.4, -0.2) is 32.0 Å². The van der Waals surface area contributed by atoms with Crippen LogP contribution in [0.5, 0.6) is 0 Å². The van der Waals surface area contributed by atoms with E-state index in [1.54, 1.807) is 4.68 Å². The van der Waals surface area contributed by atoms with Crippen molar-refractivity contribution in [1.82, 2.24) is 9.78 Å². The molecule has 0 atom stereocenters. The van der Waals surface area contributed by atoms with Crippen LogP contribution in [0.25, 0.3) is 5.69 Å². The van der Waals surface area contributed by atoms with E-state index < -0.39 is 10.9 Å². The topological polar surface area (TPSA) is 111 Å². The Labute approximate surface area is 154 Å². The third-order valence-electron chi connectivity index (χ3n) is 4.10. The molecule has 1 aromatic heterocycles. The monoisotopic (exact) mass is 364 g/mol. The van der Waals surface area contributed by atoms with Crippen molar-refractivity contribution in [2.24, 2.45) is 4.99 Å². The van der Waals surface area contributed by atoms with Crippen LogP contribution in [0.1, 0.15) is 27.3 Å². The molecule has 0 amide bonds. The first-order chi connectivity index (χ1) is 12.9. The number of nitrogens with zero attached hydrogens (tertiary/aromatic N) is 4. The number of aliphatic imine (C=N–C) groups is 1. The van der Waals surface area contributed by atoms with Crippen LogP contribution in [0.15, 0.2) is 53.5 Å². The Morgan fingerprint density at radius 1 is 1.22 bits per heavy atom. The summed E-state index contributed by atoms with van der Waals surface area (Å²) >= 11 is 0. The normalized spacial score (nSPS) is 11.0. The number of carbonyl (C=O) groups is 1. The van der Waals surface area contributed by atoms with Crippen LogP contribution in [0.2, 0.25) is 0 Å². The highest BCUT2D eigenvalue weighted by Gasteiger charge is 2.16. The van der Waals surface area contributed by atoms with Crippen LogP contribution in [-0.2, 0) is 0 Å². The molecule has 2 aromatic carbocycles. The number of para-hydroxylation sites is 1. The van der Waals surface area contributed by atoms with E-state index in [0.29, 0.717) is 0 Å². The third kappa shape index (κ3) is 3.59. The largest absolute Gasteiger partial charge is 0.478 e. The summed E-state index contributed by atoms with van der Waals surface area (Å²) < 4.78 is 1.78. The lowest BCUT2D eigenvalue weighted by Crippen LogP contribution is -2.00. The highest BCUT2D eigenvalue weighted by molar-refractivity contribution is 5.96.